The molecule has 0 unspecified atom stereocenters. The van der Waals surface area contributed by atoms with Gasteiger partial charge < -0.3 is 21.7 Å². The molecule has 3 aromatic carbocycles. The van der Waals surface area contributed by atoms with Crippen LogP contribution in [0.1, 0.15) is 66.9 Å². The van der Waals surface area contributed by atoms with Crippen molar-refractivity contribution in [3.63, 3.8) is 0 Å². The standard InChI is InChI=1S/C33H42N3OSi.BF4/c1-24-21-25(2)31(26(3)22-24)36-23-35-29(19-20-30(35)34-36)33(27-15-11-9-12-16-27,28-17-13-10-14-18-28)37-38(7,8)32(4,5)6;2-1(3,4)5/h9-18,21-23,29H,19-20H2,1-8H3;/q+1;-1/t29-;/m0./s1. The highest BCUT2D eigenvalue weighted by atomic mass is 28.4. The molecule has 4 aromatic rings. The van der Waals surface area contributed by atoms with Crippen molar-refractivity contribution in [2.45, 2.75) is 84.2 Å². The van der Waals surface area contributed by atoms with E-state index in [0.29, 0.717) is 0 Å². The van der Waals surface area contributed by atoms with Crippen LogP contribution in [-0.4, -0.2) is 25.4 Å². The molecule has 0 saturated carbocycles. The Bertz CT molecular complexity index is 1480. The summed E-state index contributed by atoms with van der Waals surface area (Å²) in [4.78, 5) is 0. The molecule has 1 aliphatic heterocycles. The summed E-state index contributed by atoms with van der Waals surface area (Å²) in [5, 5.41) is 5.21. The van der Waals surface area contributed by atoms with Crippen LogP contribution in [0.5, 0.6) is 0 Å². The third-order valence-electron chi connectivity index (χ3n) is 8.69. The highest BCUT2D eigenvalue weighted by Crippen LogP contribution is 2.50. The molecule has 1 aromatic heterocycles. The summed E-state index contributed by atoms with van der Waals surface area (Å²) in [6, 6.07) is 26.3. The second-order valence-corrected chi connectivity index (χ2v) is 17.7. The Morgan fingerprint density at radius 2 is 1.33 bits per heavy atom. The predicted octanol–water partition coefficient (Wildman–Crippen LogP) is 8.84. The van der Waals surface area contributed by atoms with Crippen LogP contribution < -0.4 is 4.57 Å². The zero-order chi connectivity index (χ0) is 31.8. The van der Waals surface area contributed by atoms with Crippen molar-refractivity contribution < 1.29 is 26.3 Å². The summed E-state index contributed by atoms with van der Waals surface area (Å²) in [5.41, 5.74) is 6.72. The van der Waals surface area contributed by atoms with E-state index in [1.165, 1.54) is 33.5 Å². The van der Waals surface area contributed by atoms with Gasteiger partial charge in [0.15, 0.2) is 8.32 Å². The van der Waals surface area contributed by atoms with Gasteiger partial charge in [0.1, 0.15) is 17.3 Å². The molecule has 4 nitrogen and oxygen atoms in total. The maximum absolute atomic E-state index is 9.75. The molecule has 5 rings (SSSR count). The average Bonchev–Trinajstić information content (AvgIpc) is 3.47. The van der Waals surface area contributed by atoms with Crippen molar-refractivity contribution in [1.82, 2.24) is 9.78 Å². The first kappa shape index (κ1) is 32.7. The van der Waals surface area contributed by atoms with Crippen molar-refractivity contribution in [3.8, 4) is 5.69 Å². The van der Waals surface area contributed by atoms with Gasteiger partial charge in [0.25, 0.3) is 5.82 Å². The van der Waals surface area contributed by atoms with Gasteiger partial charge in [-0.2, -0.15) is 0 Å². The lowest BCUT2D eigenvalue weighted by Crippen LogP contribution is -2.57. The third kappa shape index (κ3) is 6.96. The molecular weight excluding hydrogens is 569 g/mol. The van der Waals surface area contributed by atoms with Crippen molar-refractivity contribution >= 4 is 15.6 Å². The van der Waals surface area contributed by atoms with Crippen LogP contribution in [0.4, 0.5) is 17.3 Å². The second-order valence-electron chi connectivity index (χ2n) is 13.0. The van der Waals surface area contributed by atoms with E-state index in [4.69, 9.17) is 9.52 Å². The predicted molar refractivity (Wildman–Crippen MR) is 167 cm³/mol. The molecular formula is C33H42BF4N3OSi. The van der Waals surface area contributed by atoms with Gasteiger partial charge in [-0.05, 0) is 67.6 Å². The molecule has 230 valence electrons. The Morgan fingerprint density at radius 3 is 1.77 bits per heavy atom. The second kappa shape index (κ2) is 12.0. The summed E-state index contributed by atoms with van der Waals surface area (Å²) < 4.78 is 51.2. The Balaban J connectivity index is 0.000000782. The van der Waals surface area contributed by atoms with Crippen LogP contribution >= 0.6 is 0 Å². The fraction of sp³-hybridized carbons (Fsp3) is 0.394. The van der Waals surface area contributed by atoms with Crippen LogP contribution in [0.15, 0.2) is 79.1 Å². The topological polar surface area (TPSA) is 30.9 Å². The average molecular weight is 612 g/mol. The number of halogens is 4. The van der Waals surface area contributed by atoms with E-state index < -0.39 is 21.2 Å². The summed E-state index contributed by atoms with van der Waals surface area (Å²) >= 11 is 0. The monoisotopic (exact) mass is 611 g/mol. The van der Waals surface area contributed by atoms with Crippen LogP contribution in [0.25, 0.3) is 5.69 Å². The quantitative estimate of drug-likeness (QED) is 0.124. The number of nitrogens with zero attached hydrogens (tertiary/aromatic N) is 3. The molecule has 10 heteroatoms. The van der Waals surface area contributed by atoms with Gasteiger partial charge in [0.05, 0.1) is 0 Å². The molecule has 0 fully saturated rings. The Hall–Kier alpha value is -3.24. The van der Waals surface area contributed by atoms with Crippen molar-refractivity contribution in [2.75, 3.05) is 0 Å². The molecule has 0 bridgehead atoms. The molecule has 0 amide bonds. The highest BCUT2D eigenvalue weighted by molar-refractivity contribution is 6.74. The largest absolute Gasteiger partial charge is 0.673 e. The number of fused-ring (bicyclic) bond motifs is 1. The summed E-state index contributed by atoms with van der Waals surface area (Å²) in [6.07, 6.45) is 4.12. The minimum atomic E-state index is -6.00. The van der Waals surface area contributed by atoms with Gasteiger partial charge in [-0.3, -0.25) is 0 Å². The lowest BCUT2D eigenvalue weighted by atomic mass is 9.79. The van der Waals surface area contributed by atoms with E-state index in [2.05, 4.69) is 143 Å². The van der Waals surface area contributed by atoms with Gasteiger partial charge in [0.2, 0.25) is 6.33 Å². The number of hydrogen-bond donors (Lipinski definition) is 0. The molecule has 0 spiro atoms. The lowest BCUT2D eigenvalue weighted by molar-refractivity contribution is -0.730. The lowest BCUT2D eigenvalue weighted by Gasteiger charge is -2.48. The van der Waals surface area contributed by atoms with Gasteiger partial charge in [0, 0.05) is 11.5 Å². The molecule has 0 aliphatic carbocycles. The number of rotatable bonds is 6. The maximum Gasteiger partial charge on any atom is 0.673 e. The van der Waals surface area contributed by atoms with Crippen LogP contribution in [0.3, 0.4) is 0 Å². The molecule has 1 aliphatic rings. The fourth-order valence-electron chi connectivity index (χ4n) is 5.94. The fourth-order valence-corrected chi connectivity index (χ4v) is 7.42. The minimum Gasteiger partial charge on any atom is -0.418 e. The Kier molecular flexibility index (Phi) is 9.15. The SMILES string of the molecule is Cc1cc(C)c(-n2c[n+]3c(n2)CC[C@H]3C(O[Si](C)(C)C(C)(C)C)(c2ccccc2)c2ccccc2)c(C)c1.F[B-](F)(F)F. The summed E-state index contributed by atoms with van der Waals surface area (Å²) in [6.45, 7) is 18.2. The van der Waals surface area contributed by atoms with Gasteiger partial charge in [-0.1, -0.05) is 104 Å². The van der Waals surface area contributed by atoms with E-state index >= 15 is 0 Å². The van der Waals surface area contributed by atoms with E-state index in [1.54, 1.807) is 0 Å². The van der Waals surface area contributed by atoms with Gasteiger partial charge in [-0.15, -0.1) is 0 Å². The van der Waals surface area contributed by atoms with Crippen molar-refractivity contribution in [1.29, 1.82) is 0 Å². The smallest absolute Gasteiger partial charge is 0.418 e. The molecule has 1 atom stereocenters. The van der Waals surface area contributed by atoms with Gasteiger partial charge in [-0.25, -0.2) is 4.57 Å². The summed E-state index contributed by atoms with van der Waals surface area (Å²) in [5.74, 6) is 1.12. The molecule has 2 heterocycles. The van der Waals surface area contributed by atoms with Crippen LogP contribution in [0.2, 0.25) is 18.1 Å². The van der Waals surface area contributed by atoms with Gasteiger partial charge >= 0.3 is 7.25 Å². The van der Waals surface area contributed by atoms with Crippen molar-refractivity contribution in [3.05, 3.63) is 113 Å². The Labute approximate surface area is 254 Å². The van der Waals surface area contributed by atoms with E-state index in [0.717, 1.165) is 18.7 Å². The van der Waals surface area contributed by atoms with Crippen LogP contribution in [-0.2, 0) is 16.4 Å². The maximum atomic E-state index is 9.75. The van der Waals surface area contributed by atoms with Crippen molar-refractivity contribution in [2.24, 2.45) is 0 Å². The van der Waals surface area contributed by atoms with E-state index in [9.17, 15) is 17.3 Å². The summed E-state index contributed by atoms with van der Waals surface area (Å²) in [7, 11) is -8.22. The minimum absolute atomic E-state index is 0.0637. The van der Waals surface area contributed by atoms with Crippen LogP contribution in [0, 0.1) is 20.8 Å². The number of aryl methyl sites for hydroxylation is 4. The molecule has 0 radical (unpaired) electrons. The highest BCUT2D eigenvalue weighted by Gasteiger charge is 2.55. The number of hydrogen-bond acceptors (Lipinski definition) is 2. The van der Waals surface area contributed by atoms with E-state index in [-0.39, 0.29) is 11.1 Å². The third-order valence-corrected chi connectivity index (χ3v) is 13.1. The first-order valence-corrected chi connectivity index (χ1v) is 17.6. The normalized spacial score (nSPS) is 15.6. The zero-order valence-corrected chi connectivity index (χ0v) is 27.3. The first-order valence-electron chi connectivity index (χ1n) is 14.7. The molecule has 43 heavy (non-hydrogen) atoms. The Morgan fingerprint density at radius 1 is 0.860 bits per heavy atom. The molecule has 0 N–H and O–H groups in total. The van der Waals surface area contributed by atoms with E-state index in [1.807, 2.05) is 0 Å². The first-order chi connectivity index (χ1) is 19.9. The molecule has 0 saturated heterocycles. The number of aromatic nitrogens is 3. The zero-order valence-electron chi connectivity index (χ0n) is 26.3. The number of benzene rings is 3.